The molecule has 0 bridgehead atoms. The van der Waals surface area contributed by atoms with Gasteiger partial charge in [-0.05, 0) is 49.7 Å². The molecule has 1 aliphatic carbocycles. The highest BCUT2D eigenvalue weighted by Crippen LogP contribution is 2.41. The molecule has 0 spiro atoms. The van der Waals surface area contributed by atoms with E-state index in [0.29, 0.717) is 0 Å². The summed E-state index contributed by atoms with van der Waals surface area (Å²) in [6.45, 7) is 4.39. The molecule has 0 amide bonds. The molecule has 3 aromatic rings. The first kappa shape index (κ1) is 17.6. The molecule has 5 nitrogen and oxygen atoms in total. The van der Waals surface area contributed by atoms with E-state index in [1.807, 2.05) is 0 Å². The van der Waals surface area contributed by atoms with Gasteiger partial charge in [-0.15, -0.1) is 11.3 Å². The van der Waals surface area contributed by atoms with Crippen molar-refractivity contribution in [2.24, 2.45) is 0 Å². The van der Waals surface area contributed by atoms with Crippen LogP contribution >= 0.6 is 11.3 Å². The third kappa shape index (κ3) is 2.95. The van der Waals surface area contributed by atoms with Gasteiger partial charge >= 0.3 is 0 Å². The lowest BCUT2D eigenvalue weighted by Gasteiger charge is -2.14. The number of hydrogen-bond donors (Lipinski definition) is 2. The quantitative estimate of drug-likeness (QED) is 0.650. The maximum atomic E-state index is 9.53. The number of anilines is 1. The summed E-state index contributed by atoms with van der Waals surface area (Å²) in [5, 5.41) is 14.1. The average molecular weight is 371 g/mol. The molecule has 3 aromatic heterocycles. The predicted octanol–water partition coefficient (Wildman–Crippen LogP) is 4.25. The zero-order chi connectivity index (χ0) is 18.1. The number of aryl methyl sites for hydroxylation is 2. The molecule has 1 atom stereocenters. The highest BCUT2D eigenvalue weighted by atomic mass is 32.1. The molecular weight excluding hydrogens is 344 g/mol. The van der Waals surface area contributed by atoms with E-state index in [9.17, 15) is 5.11 Å². The van der Waals surface area contributed by atoms with Crippen LogP contribution in [0.25, 0.3) is 20.4 Å². The number of fused-ring (bicyclic) bond motifs is 5. The Hall–Kier alpha value is -1.79. The summed E-state index contributed by atoms with van der Waals surface area (Å²) in [7, 11) is 0. The highest BCUT2D eigenvalue weighted by Gasteiger charge is 2.24. The molecule has 4 rings (SSSR count). The second-order valence-corrected chi connectivity index (χ2v) is 8.09. The summed E-state index contributed by atoms with van der Waals surface area (Å²) in [6.07, 6.45) is 9.42. The molecular formula is C20H26N4OS. The molecule has 0 aromatic carbocycles. The van der Waals surface area contributed by atoms with Crippen LogP contribution < -0.4 is 5.32 Å². The number of pyridine rings is 1. The minimum Gasteiger partial charge on any atom is -0.394 e. The molecule has 0 saturated heterocycles. The Morgan fingerprint density at radius 2 is 2.08 bits per heavy atom. The number of rotatable bonds is 7. The van der Waals surface area contributed by atoms with Crippen molar-refractivity contribution in [2.45, 2.75) is 64.8 Å². The van der Waals surface area contributed by atoms with Gasteiger partial charge in [0.2, 0.25) is 0 Å². The van der Waals surface area contributed by atoms with Crippen molar-refractivity contribution in [3.8, 4) is 0 Å². The lowest BCUT2D eigenvalue weighted by atomic mass is 10.0. The Bertz CT molecular complexity index is 933. The number of nitrogens with one attached hydrogen (secondary N) is 1. The smallest absolute Gasteiger partial charge is 0.147 e. The average Bonchev–Trinajstić information content (AvgIpc) is 3.28. The molecule has 0 radical (unpaired) electrons. The van der Waals surface area contributed by atoms with Gasteiger partial charge in [0, 0.05) is 11.1 Å². The topological polar surface area (TPSA) is 70.9 Å². The highest BCUT2D eigenvalue weighted by molar-refractivity contribution is 7.26. The molecule has 0 unspecified atom stereocenters. The minimum atomic E-state index is 0.0112. The first-order valence-corrected chi connectivity index (χ1v) is 10.5. The molecule has 1 aliphatic rings. The third-order valence-corrected chi connectivity index (χ3v) is 6.46. The van der Waals surface area contributed by atoms with Crippen molar-refractivity contribution in [3.05, 3.63) is 23.1 Å². The number of thiophene rings is 1. The fraction of sp³-hybridized carbons (Fsp3) is 0.550. The second-order valence-electron chi connectivity index (χ2n) is 7.09. The zero-order valence-corrected chi connectivity index (χ0v) is 16.3. The first-order chi connectivity index (χ1) is 12.8. The maximum absolute atomic E-state index is 9.53. The molecule has 0 aliphatic heterocycles. The van der Waals surface area contributed by atoms with Crippen LogP contribution in [-0.4, -0.2) is 32.7 Å². The van der Waals surface area contributed by atoms with Crippen molar-refractivity contribution in [1.82, 2.24) is 15.0 Å². The van der Waals surface area contributed by atoms with E-state index in [1.165, 1.54) is 41.5 Å². The normalized spacial score (nSPS) is 14.9. The van der Waals surface area contributed by atoms with Crippen LogP contribution in [0.4, 0.5) is 5.82 Å². The van der Waals surface area contributed by atoms with E-state index in [-0.39, 0.29) is 12.6 Å². The Morgan fingerprint density at radius 3 is 2.85 bits per heavy atom. The minimum absolute atomic E-state index is 0.0112. The summed E-state index contributed by atoms with van der Waals surface area (Å²) in [4.78, 5) is 15.2. The van der Waals surface area contributed by atoms with E-state index < -0.39 is 0 Å². The van der Waals surface area contributed by atoms with Gasteiger partial charge in [0.25, 0.3) is 0 Å². The van der Waals surface area contributed by atoms with Gasteiger partial charge in [-0.3, -0.25) is 0 Å². The lowest BCUT2D eigenvalue weighted by molar-refractivity contribution is 0.271. The fourth-order valence-corrected chi connectivity index (χ4v) is 5.03. The Balaban J connectivity index is 1.89. The van der Waals surface area contributed by atoms with Crippen molar-refractivity contribution in [2.75, 3.05) is 11.9 Å². The molecule has 3 heterocycles. The van der Waals surface area contributed by atoms with Gasteiger partial charge in [0.15, 0.2) is 0 Å². The molecule has 0 saturated carbocycles. The summed E-state index contributed by atoms with van der Waals surface area (Å²) in [5.74, 6) is 0.820. The zero-order valence-electron chi connectivity index (χ0n) is 15.5. The summed E-state index contributed by atoms with van der Waals surface area (Å²) in [5.41, 5.74) is 5.25. The van der Waals surface area contributed by atoms with Crippen LogP contribution in [0.1, 0.15) is 56.4 Å². The number of aromatic nitrogens is 3. The van der Waals surface area contributed by atoms with Gasteiger partial charge in [-0.1, -0.05) is 20.3 Å². The standard InChI is InChI=1S/C20H26N4OS/c1-3-5-9-15-13-7-6-8-14(13)16-17-18(26-20(16)24-15)19(22-11-21-17)23-12(4-2)10-25/h11-12,25H,3-10H2,1-2H3,(H,21,22,23)/t12-/m0/s1. The molecule has 26 heavy (non-hydrogen) atoms. The third-order valence-electron chi connectivity index (χ3n) is 5.38. The molecule has 2 N–H and O–H groups in total. The van der Waals surface area contributed by atoms with Gasteiger partial charge in [0.1, 0.15) is 17.0 Å². The summed E-state index contributed by atoms with van der Waals surface area (Å²) in [6, 6.07) is 0.0112. The number of aliphatic hydroxyl groups is 1. The van der Waals surface area contributed by atoms with Crippen LogP contribution in [0.15, 0.2) is 6.33 Å². The Kier molecular flexibility index (Phi) is 5.05. The Labute approximate surface area is 157 Å². The largest absolute Gasteiger partial charge is 0.394 e. The van der Waals surface area contributed by atoms with E-state index in [4.69, 9.17) is 4.98 Å². The molecule has 6 heteroatoms. The molecule has 138 valence electrons. The van der Waals surface area contributed by atoms with Gasteiger partial charge in [-0.2, -0.15) is 0 Å². The van der Waals surface area contributed by atoms with Crippen molar-refractivity contribution < 1.29 is 5.11 Å². The summed E-state index contributed by atoms with van der Waals surface area (Å²) < 4.78 is 1.06. The maximum Gasteiger partial charge on any atom is 0.147 e. The van der Waals surface area contributed by atoms with Crippen molar-refractivity contribution >= 4 is 37.6 Å². The van der Waals surface area contributed by atoms with Gasteiger partial charge < -0.3 is 10.4 Å². The lowest BCUT2D eigenvalue weighted by Crippen LogP contribution is -2.23. The van der Waals surface area contributed by atoms with E-state index in [0.717, 1.165) is 46.5 Å². The van der Waals surface area contributed by atoms with Gasteiger partial charge in [-0.25, -0.2) is 15.0 Å². The van der Waals surface area contributed by atoms with Crippen LogP contribution in [0.5, 0.6) is 0 Å². The number of aliphatic hydroxyl groups excluding tert-OH is 1. The van der Waals surface area contributed by atoms with Crippen LogP contribution in [-0.2, 0) is 19.3 Å². The van der Waals surface area contributed by atoms with Crippen LogP contribution in [0, 0.1) is 0 Å². The monoisotopic (exact) mass is 370 g/mol. The number of unbranched alkanes of at least 4 members (excludes halogenated alkanes) is 1. The van der Waals surface area contributed by atoms with E-state index >= 15 is 0 Å². The Morgan fingerprint density at radius 1 is 1.23 bits per heavy atom. The van der Waals surface area contributed by atoms with Crippen LogP contribution in [0.3, 0.4) is 0 Å². The second kappa shape index (κ2) is 7.45. The van der Waals surface area contributed by atoms with Gasteiger partial charge in [0.05, 0.1) is 22.9 Å². The SMILES string of the molecule is CCCCc1nc2sc3c(N[C@@H](CC)CO)ncnc3c2c2c1CCC2. The van der Waals surface area contributed by atoms with E-state index in [1.54, 1.807) is 17.7 Å². The first-order valence-electron chi connectivity index (χ1n) is 9.72. The molecule has 0 fully saturated rings. The van der Waals surface area contributed by atoms with Crippen molar-refractivity contribution in [1.29, 1.82) is 0 Å². The van der Waals surface area contributed by atoms with Crippen LogP contribution in [0.2, 0.25) is 0 Å². The summed E-state index contributed by atoms with van der Waals surface area (Å²) >= 11 is 1.68. The predicted molar refractivity (Wildman–Crippen MR) is 108 cm³/mol. The van der Waals surface area contributed by atoms with Crippen molar-refractivity contribution in [3.63, 3.8) is 0 Å². The number of nitrogens with zero attached hydrogens (tertiary/aromatic N) is 3. The van der Waals surface area contributed by atoms with E-state index in [2.05, 4.69) is 29.1 Å². The number of hydrogen-bond acceptors (Lipinski definition) is 6. The fourth-order valence-electron chi connectivity index (χ4n) is 3.90.